The lowest BCUT2D eigenvalue weighted by Crippen LogP contribution is -2.44. The van der Waals surface area contributed by atoms with E-state index in [9.17, 15) is 5.11 Å². The molecule has 0 bridgehead atoms. The average molecular weight is 221 g/mol. The molecule has 0 aliphatic carbocycles. The van der Waals surface area contributed by atoms with E-state index in [2.05, 4.69) is 16.9 Å². The summed E-state index contributed by atoms with van der Waals surface area (Å²) < 4.78 is 0. The summed E-state index contributed by atoms with van der Waals surface area (Å²) in [6.07, 6.45) is 2.21. The first-order chi connectivity index (χ1) is 7.57. The van der Waals surface area contributed by atoms with Crippen molar-refractivity contribution < 1.29 is 5.11 Å². The number of nitrogens with zero attached hydrogens (tertiary/aromatic N) is 2. The molecule has 1 aromatic heterocycles. The molecule has 2 rings (SSSR count). The molecule has 1 aromatic rings. The van der Waals surface area contributed by atoms with Gasteiger partial charge in [0.15, 0.2) is 0 Å². The van der Waals surface area contributed by atoms with Crippen LogP contribution in [0.3, 0.4) is 0 Å². The first kappa shape index (κ1) is 11.4. The quantitative estimate of drug-likeness (QED) is 0.770. The Morgan fingerprint density at radius 1 is 1.44 bits per heavy atom. The van der Waals surface area contributed by atoms with Gasteiger partial charge < -0.3 is 15.7 Å². The van der Waals surface area contributed by atoms with Crippen LogP contribution in [0.25, 0.3) is 0 Å². The Bertz CT molecular complexity index is 359. The van der Waals surface area contributed by atoms with Crippen LogP contribution in [0.2, 0.25) is 0 Å². The third kappa shape index (κ3) is 2.71. The van der Waals surface area contributed by atoms with Gasteiger partial charge >= 0.3 is 0 Å². The summed E-state index contributed by atoms with van der Waals surface area (Å²) in [5.41, 5.74) is 5.91. The Kier molecular flexibility index (Phi) is 3.12. The van der Waals surface area contributed by atoms with Crippen molar-refractivity contribution in [3.05, 3.63) is 23.9 Å². The van der Waals surface area contributed by atoms with Crippen LogP contribution in [-0.4, -0.2) is 40.7 Å². The molecule has 0 amide bonds. The number of pyridine rings is 1. The van der Waals surface area contributed by atoms with Crippen LogP contribution in [-0.2, 0) is 6.42 Å². The summed E-state index contributed by atoms with van der Waals surface area (Å²) in [4.78, 5) is 6.47. The fourth-order valence-electron chi connectivity index (χ4n) is 2.15. The number of aromatic nitrogens is 1. The SMILES string of the molecule is CN1CCC(O)(Cc2cccc(N)n2)CC1. The molecular weight excluding hydrogens is 202 g/mol. The molecule has 0 aromatic carbocycles. The minimum atomic E-state index is -0.604. The Labute approximate surface area is 96.1 Å². The molecule has 1 aliphatic rings. The summed E-state index contributed by atoms with van der Waals surface area (Å²) in [6.45, 7) is 1.89. The number of rotatable bonds is 2. The average Bonchev–Trinajstić information content (AvgIpc) is 2.23. The minimum Gasteiger partial charge on any atom is -0.389 e. The highest BCUT2D eigenvalue weighted by atomic mass is 16.3. The fraction of sp³-hybridized carbons (Fsp3) is 0.583. The van der Waals surface area contributed by atoms with Crippen molar-refractivity contribution in [2.24, 2.45) is 0 Å². The Morgan fingerprint density at radius 3 is 2.75 bits per heavy atom. The molecule has 2 heterocycles. The van der Waals surface area contributed by atoms with Crippen LogP contribution in [0, 0.1) is 0 Å². The first-order valence-electron chi connectivity index (χ1n) is 5.70. The van der Waals surface area contributed by atoms with Crippen molar-refractivity contribution in [2.45, 2.75) is 24.9 Å². The second kappa shape index (κ2) is 4.39. The van der Waals surface area contributed by atoms with Crippen molar-refractivity contribution in [1.82, 2.24) is 9.88 Å². The monoisotopic (exact) mass is 221 g/mol. The predicted octanol–water partition coefficient (Wildman–Crippen LogP) is 0.663. The fourth-order valence-corrected chi connectivity index (χ4v) is 2.15. The van der Waals surface area contributed by atoms with Gasteiger partial charge in [-0.15, -0.1) is 0 Å². The van der Waals surface area contributed by atoms with E-state index in [0.29, 0.717) is 12.2 Å². The number of nitrogen functional groups attached to an aromatic ring is 1. The number of likely N-dealkylation sites (tertiary alicyclic amines) is 1. The number of aliphatic hydroxyl groups is 1. The summed E-state index contributed by atoms with van der Waals surface area (Å²) in [7, 11) is 2.08. The standard InChI is InChI=1S/C12H19N3O/c1-15-7-5-12(16,6-8-15)9-10-3-2-4-11(13)14-10/h2-4,16H,5-9H2,1H3,(H2,13,14). The number of piperidine rings is 1. The van der Waals surface area contributed by atoms with Gasteiger partial charge in [-0.3, -0.25) is 0 Å². The Morgan fingerprint density at radius 2 is 2.12 bits per heavy atom. The summed E-state index contributed by atoms with van der Waals surface area (Å²) in [6, 6.07) is 5.57. The van der Waals surface area contributed by atoms with Crippen molar-refractivity contribution in [3.63, 3.8) is 0 Å². The molecule has 0 atom stereocenters. The molecule has 16 heavy (non-hydrogen) atoms. The van der Waals surface area contributed by atoms with Crippen LogP contribution in [0.1, 0.15) is 18.5 Å². The first-order valence-corrected chi connectivity index (χ1v) is 5.70. The highest BCUT2D eigenvalue weighted by Gasteiger charge is 2.31. The molecule has 88 valence electrons. The van der Waals surface area contributed by atoms with Gasteiger partial charge in [0.1, 0.15) is 5.82 Å². The normalized spacial score (nSPS) is 20.9. The van der Waals surface area contributed by atoms with Gasteiger partial charge in [-0.2, -0.15) is 0 Å². The molecule has 0 unspecified atom stereocenters. The van der Waals surface area contributed by atoms with Gasteiger partial charge in [0.25, 0.3) is 0 Å². The molecular formula is C12H19N3O. The van der Waals surface area contributed by atoms with Crippen LogP contribution in [0.5, 0.6) is 0 Å². The number of hydrogen-bond acceptors (Lipinski definition) is 4. The predicted molar refractivity (Wildman–Crippen MR) is 64.0 cm³/mol. The summed E-state index contributed by atoms with van der Waals surface area (Å²) in [5.74, 6) is 0.522. The van der Waals surface area contributed by atoms with Gasteiger partial charge in [-0.05, 0) is 32.0 Å². The lowest BCUT2D eigenvalue weighted by atomic mass is 9.87. The molecule has 1 aliphatic heterocycles. The van der Waals surface area contributed by atoms with Crippen LogP contribution in [0.4, 0.5) is 5.82 Å². The lowest BCUT2D eigenvalue weighted by Gasteiger charge is -2.36. The molecule has 0 spiro atoms. The van der Waals surface area contributed by atoms with Gasteiger partial charge in [0, 0.05) is 25.2 Å². The topological polar surface area (TPSA) is 62.4 Å². The van der Waals surface area contributed by atoms with E-state index < -0.39 is 5.60 Å². The number of hydrogen-bond donors (Lipinski definition) is 2. The zero-order valence-electron chi connectivity index (χ0n) is 9.69. The molecule has 4 nitrogen and oxygen atoms in total. The zero-order valence-corrected chi connectivity index (χ0v) is 9.69. The van der Waals surface area contributed by atoms with Crippen molar-refractivity contribution in [3.8, 4) is 0 Å². The van der Waals surface area contributed by atoms with Crippen molar-refractivity contribution >= 4 is 5.82 Å². The minimum absolute atomic E-state index is 0.522. The number of nitrogens with two attached hydrogens (primary N) is 1. The van der Waals surface area contributed by atoms with Crippen molar-refractivity contribution in [1.29, 1.82) is 0 Å². The Balaban J connectivity index is 2.03. The highest BCUT2D eigenvalue weighted by molar-refractivity contribution is 5.29. The maximum atomic E-state index is 10.4. The van der Waals surface area contributed by atoms with E-state index >= 15 is 0 Å². The molecule has 4 heteroatoms. The van der Waals surface area contributed by atoms with Gasteiger partial charge in [-0.1, -0.05) is 6.07 Å². The molecule has 1 saturated heterocycles. The molecule has 0 saturated carbocycles. The number of anilines is 1. The third-order valence-electron chi connectivity index (χ3n) is 3.26. The van der Waals surface area contributed by atoms with E-state index in [1.165, 1.54) is 0 Å². The van der Waals surface area contributed by atoms with E-state index in [-0.39, 0.29) is 0 Å². The second-order valence-corrected chi connectivity index (χ2v) is 4.76. The van der Waals surface area contributed by atoms with Crippen LogP contribution >= 0.6 is 0 Å². The highest BCUT2D eigenvalue weighted by Crippen LogP contribution is 2.25. The van der Waals surface area contributed by atoms with Crippen molar-refractivity contribution in [2.75, 3.05) is 25.9 Å². The Hall–Kier alpha value is -1.13. The third-order valence-corrected chi connectivity index (χ3v) is 3.26. The summed E-state index contributed by atoms with van der Waals surface area (Å²) in [5, 5.41) is 10.4. The van der Waals surface area contributed by atoms with Gasteiger partial charge in [0.05, 0.1) is 5.60 Å². The maximum absolute atomic E-state index is 10.4. The smallest absolute Gasteiger partial charge is 0.123 e. The second-order valence-electron chi connectivity index (χ2n) is 4.76. The van der Waals surface area contributed by atoms with Gasteiger partial charge in [0.2, 0.25) is 0 Å². The van der Waals surface area contributed by atoms with E-state index in [4.69, 9.17) is 5.73 Å². The zero-order chi connectivity index (χ0) is 11.6. The molecule has 0 radical (unpaired) electrons. The van der Waals surface area contributed by atoms with Gasteiger partial charge in [-0.25, -0.2) is 4.98 Å². The van der Waals surface area contributed by atoms with Crippen LogP contribution in [0.15, 0.2) is 18.2 Å². The molecule has 3 N–H and O–H groups in total. The molecule has 1 fully saturated rings. The maximum Gasteiger partial charge on any atom is 0.123 e. The summed E-state index contributed by atoms with van der Waals surface area (Å²) >= 11 is 0. The van der Waals surface area contributed by atoms with Crippen LogP contribution < -0.4 is 5.73 Å². The van der Waals surface area contributed by atoms with E-state index in [0.717, 1.165) is 31.6 Å². The van der Waals surface area contributed by atoms with E-state index in [1.54, 1.807) is 6.07 Å². The largest absolute Gasteiger partial charge is 0.389 e. The van der Waals surface area contributed by atoms with E-state index in [1.807, 2.05) is 12.1 Å². The lowest BCUT2D eigenvalue weighted by molar-refractivity contribution is -0.0157.